The van der Waals surface area contributed by atoms with E-state index < -0.39 is 0 Å². The van der Waals surface area contributed by atoms with E-state index in [1.54, 1.807) is 48.5 Å². The monoisotopic (exact) mass is 573 g/mol. The standard InChI is InChI=1S/C36H51N3O3/c1-24(7-20-34(40)39(41-28-13-9-26(37)10-14-28)42-29-15-11-27(38)12-16-29)31-18-19-32-30-17-8-25-6-4-5-22-35(25,2)33(30)21-23-36(31,32)3/h9-16,24-25,30-33H,4-8,17-23,37-38H2,1-3H3/t24?,25?,30-,31+,32-,33-,35-,36+/m0/s1. The minimum absolute atomic E-state index is 0.192. The number of fused-ring (bicyclic) bond motifs is 5. The Morgan fingerprint density at radius 2 is 1.43 bits per heavy atom. The third-order valence-corrected chi connectivity index (χ3v) is 12.5. The lowest BCUT2D eigenvalue weighted by Gasteiger charge is -2.61. The number of carbonyl (C=O) groups excluding carboxylic acids is 1. The number of hydrogen-bond acceptors (Lipinski definition) is 5. The highest BCUT2D eigenvalue weighted by atomic mass is 17.0. The van der Waals surface area contributed by atoms with Crippen molar-refractivity contribution in [2.45, 2.75) is 97.8 Å². The highest BCUT2D eigenvalue weighted by molar-refractivity contribution is 5.74. The Bertz CT molecular complexity index is 1180. The van der Waals surface area contributed by atoms with Gasteiger partial charge < -0.3 is 21.1 Å². The maximum absolute atomic E-state index is 13.6. The normalized spacial score (nSPS) is 34.4. The van der Waals surface area contributed by atoms with E-state index in [1.165, 1.54) is 64.2 Å². The van der Waals surface area contributed by atoms with E-state index in [2.05, 4.69) is 20.8 Å². The Balaban J connectivity index is 1.11. The van der Waals surface area contributed by atoms with Gasteiger partial charge in [-0.15, -0.1) is 0 Å². The summed E-state index contributed by atoms with van der Waals surface area (Å²) in [5, 5.41) is 1.03. The van der Waals surface area contributed by atoms with Crippen LogP contribution in [-0.4, -0.2) is 11.1 Å². The predicted octanol–water partition coefficient (Wildman–Crippen LogP) is 8.43. The molecular weight excluding hydrogens is 522 g/mol. The smallest absolute Gasteiger partial charge is 0.296 e. The van der Waals surface area contributed by atoms with Crippen LogP contribution >= 0.6 is 0 Å². The number of carbonyl (C=O) groups is 1. The van der Waals surface area contributed by atoms with Crippen LogP contribution in [0.3, 0.4) is 0 Å². The van der Waals surface area contributed by atoms with Crippen LogP contribution in [0.4, 0.5) is 11.4 Å². The molecule has 6 nitrogen and oxygen atoms in total. The second-order valence-corrected chi connectivity index (χ2v) is 14.6. The molecule has 0 saturated heterocycles. The molecule has 0 heterocycles. The van der Waals surface area contributed by atoms with E-state index in [0.29, 0.717) is 52.0 Å². The molecule has 42 heavy (non-hydrogen) atoms. The summed E-state index contributed by atoms with van der Waals surface area (Å²) in [5.41, 5.74) is 13.9. The van der Waals surface area contributed by atoms with Gasteiger partial charge in [0, 0.05) is 23.0 Å². The Hall–Kier alpha value is -2.89. The van der Waals surface area contributed by atoms with Gasteiger partial charge in [-0.25, -0.2) is 0 Å². The van der Waals surface area contributed by atoms with Gasteiger partial charge in [0.1, 0.15) is 0 Å². The lowest BCUT2D eigenvalue weighted by atomic mass is 9.44. The summed E-state index contributed by atoms with van der Waals surface area (Å²) in [4.78, 5) is 25.4. The van der Waals surface area contributed by atoms with E-state index in [4.69, 9.17) is 21.1 Å². The third kappa shape index (κ3) is 5.46. The number of nitrogen functional groups attached to an aromatic ring is 2. The molecule has 4 aliphatic rings. The van der Waals surface area contributed by atoms with Crippen molar-refractivity contribution >= 4 is 17.3 Å². The van der Waals surface area contributed by atoms with Gasteiger partial charge in [0.25, 0.3) is 5.91 Å². The number of anilines is 2. The van der Waals surface area contributed by atoms with E-state index in [-0.39, 0.29) is 5.91 Å². The lowest BCUT2D eigenvalue weighted by molar-refractivity contribution is -0.246. The molecule has 1 amide bonds. The maximum Gasteiger partial charge on any atom is 0.296 e. The second kappa shape index (κ2) is 11.7. The molecule has 8 atom stereocenters. The number of nitrogens with zero attached hydrogens (tertiary/aromatic N) is 1. The zero-order valence-corrected chi connectivity index (χ0v) is 25.9. The van der Waals surface area contributed by atoms with Gasteiger partial charge in [0.15, 0.2) is 11.5 Å². The Labute approximate surface area is 252 Å². The number of hydroxylamine groups is 2. The molecule has 0 aliphatic heterocycles. The summed E-state index contributed by atoms with van der Waals surface area (Å²) < 4.78 is 0. The van der Waals surface area contributed by atoms with Gasteiger partial charge in [-0.2, -0.15) is 0 Å². The first-order valence-corrected chi connectivity index (χ1v) is 16.6. The minimum atomic E-state index is -0.192. The fraction of sp³-hybridized carbons (Fsp3) is 0.639. The number of amides is 1. The van der Waals surface area contributed by atoms with E-state index in [1.807, 2.05) is 0 Å². The van der Waals surface area contributed by atoms with Crippen LogP contribution in [0.15, 0.2) is 48.5 Å². The third-order valence-electron chi connectivity index (χ3n) is 12.5. The fourth-order valence-corrected chi connectivity index (χ4v) is 10.3. The molecule has 0 spiro atoms. The van der Waals surface area contributed by atoms with Gasteiger partial charge in [-0.1, -0.05) is 33.6 Å². The second-order valence-electron chi connectivity index (χ2n) is 14.6. The quantitative estimate of drug-likeness (QED) is 0.244. The van der Waals surface area contributed by atoms with Crippen molar-refractivity contribution < 1.29 is 14.5 Å². The summed E-state index contributed by atoms with van der Waals surface area (Å²) in [6, 6.07) is 13.9. The van der Waals surface area contributed by atoms with Crippen molar-refractivity contribution in [2.75, 3.05) is 11.5 Å². The maximum atomic E-state index is 13.6. The van der Waals surface area contributed by atoms with Gasteiger partial charge in [-0.05, 0) is 153 Å². The number of benzene rings is 2. The Morgan fingerprint density at radius 3 is 2.07 bits per heavy atom. The molecule has 4 fully saturated rings. The molecular formula is C36H51N3O3. The molecule has 0 aromatic heterocycles. The molecule has 6 rings (SSSR count). The first-order valence-electron chi connectivity index (χ1n) is 16.6. The zero-order chi connectivity index (χ0) is 29.5. The molecule has 4 saturated carbocycles. The highest BCUT2D eigenvalue weighted by Crippen LogP contribution is 2.68. The average Bonchev–Trinajstić information content (AvgIpc) is 3.34. The van der Waals surface area contributed by atoms with Crippen molar-refractivity contribution in [3.63, 3.8) is 0 Å². The summed E-state index contributed by atoms with van der Waals surface area (Å²) >= 11 is 0. The summed E-state index contributed by atoms with van der Waals surface area (Å²) in [6.07, 6.45) is 15.3. The van der Waals surface area contributed by atoms with Crippen LogP contribution in [-0.2, 0) is 4.79 Å². The summed E-state index contributed by atoms with van der Waals surface area (Å²) in [6.45, 7) is 7.66. The van der Waals surface area contributed by atoms with Crippen LogP contribution in [0.5, 0.6) is 11.5 Å². The zero-order valence-electron chi connectivity index (χ0n) is 25.9. The van der Waals surface area contributed by atoms with Gasteiger partial charge in [-0.3, -0.25) is 4.79 Å². The first kappa shape index (κ1) is 29.2. The van der Waals surface area contributed by atoms with Gasteiger partial charge >= 0.3 is 0 Å². The number of nitrogens with two attached hydrogens (primary N) is 2. The molecule has 2 aromatic rings. The van der Waals surface area contributed by atoms with Crippen LogP contribution in [0.25, 0.3) is 0 Å². The molecule has 228 valence electrons. The molecule has 0 bridgehead atoms. The van der Waals surface area contributed by atoms with Crippen LogP contribution in [0.2, 0.25) is 0 Å². The molecule has 2 unspecified atom stereocenters. The molecule has 4 aliphatic carbocycles. The number of hydrogen-bond donors (Lipinski definition) is 2. The van der Waals surface area contributed by atoms with E-state index >= 15 is 0 Å². The van der Waals surface area contributed by atoms with E-state index in [0.717, 1.165) is 35.3 Å². The summed E-state index contributed by atoms with van der Waals surface area (Å²) in [7, 11) is 0. The van der Waals surface area contributed by atoms with Crippen molar-refractivity contribution in [1.82, 2.24) is 5.23 Å². The largest absolute Gasteiger partial charge is 0.399 e. The van der Waals surface area contributed by atoms with Crippen molar-refractivity contribution in [3.05, 3.63) is 48.5 Å². The molecule has 6 heteroatoms. The van der Waals surface area contributed by atoms with Gasteiger partial charge in [0.2, 0.25) is 0 Å². The molecule has 0 radical (unpaired) electrons. The van der Waals surface area contributed by atoms with Crippen molar-refractivity contribution in [1.29, 1.82) is 0 Å². The lowest BCUT2D eigenvalue weighted by Crippen LogP contribution is -2.53. The minimum Gasteiger partial charge on any atom is -0.399 e. The Kier molecular flexibility index (Phi) is 8.10. The van der Waals surface area contributed by atoms with Crippen LogP contribution < -0.4 is 21.1 Å². The topological polar surface area (TPSA) is 90.8 Å². The van der Waals surface area contributed by atoms with Crippen molar-refractivity contribution in [3.8, 4) is 11.5 Å². The SMILES string of the molecule is CC(CCC(=O)N(Oc1ccc(N)cc1)Oc1ccc(N)cc1)[C@H]1CC[C@H]2[C@@H]3CCC4CCCC[C@]4(C)[C@H]3CC[C@]12C. The van der Waals surface area contributed by atoms with Crippen LogP contribution in [0.1, 0.15) is 97.8 Å². The van der Waals surface area contributed by atoms with Gasteiger partial charge in [0.05, 0.1) is 0 Å². The van der Waals surface area contributed by atoms with Crippen LogP contribution in [0, 0.1) is 46.3 Å². The highest BCUT2D eigenvalue weighted by Gasteiger charge is 2.60. The van der Waals surface area contributed by atoms with E-state index in [9.17, 15) is 4.79 Å². The Morgan fingerprint density at radius 1 is 0.810 bits per heavy atom. The molecule has 2 aromatic carbocycles. The predicted molar refractivity (Wildman–Crippen MR) is 168 cm³/mol. The average molecular weight is 574 g/mol. The van der Waals surface area contributed by atoms with Crippen molar-refractivity contribution in [2.24, 2.45) is 46.3 Å². The fourth-order valence-electron chi connectivity index (χ4n) is 10.3. The molecule has 4 N–H and O–H groups in total. The first-order chi connectivity index (χ1) is 20.2. The summed E-state index contributed by atoms with van der Waals surface area (Å²) in [5.74, 6) is 5.56. The number of rotatable bonds is 8.